The van der Waals surface area contributed by atoms with E-state index in [9.17, 15) is 27.6 Å². The summed E-state index contributed by atoms with van der Waals surface area (Å²) >= 11 is 0. The molecule has 13 nitrogen and oxygen atoms in total. The maximum Gasteiger partial charge on any atom is 0.490 e. The number of alkyl halides is 3. The Balaban J connectivity index is 0.00000102. The van der Waals surface area contributed by atoms with Crippen molar-refractivity contribution in [1.29, 1.82) is 5.41 Å². The van der Waals surface area contributed by atoms with Gasteiger partial charge in [0, 0.05) is 41.0 Å². The van der Waals surface area contributed by atoms with E-state index < -0.39 is 17.7 Å². The summed E-state index contributed by atoms with van der Waals surface area (Å²) in [6, 6.07) is 11.9. The molecular weight excluding hydrogens is 669 g/mol. The SMILES string of the molecule is C.CC(C)Nc1ncc(-c2cc(N)cc(C(=O)N[C@@H](C)C3CCCCC3)c2)n(CC(=O)NCc2ccc(C(=N)N)cc2)c1=O.O=C(O)C(F)(F)F. The molecule has 3 aromatic rings. The van der Waals surface area contributed by atoms with Crippen LogP contribution in [0.2, 0.25) is 0 Å². The van der Waals surface area contributed by atoms with E-state index in [-0.39, 0.29) is 56.1 Å². The first-order valence-electron chi connectivity index (χ1n) is 16.0. The van der Waals surface area contributed by atoms with Gasteiger partial charge in [-0.25, -0.2) is 9.78 Å². The van der Waals surface area contributed by atoms with Crippen molar-refractivity contribution in [2.45, 2.75) is 91.7 Å². The molecule has 0 radical (unpaired) electrons. The van der Waals surface area contributed by atoms with Gasteiger partial charge in [0.2, 0.25) is 5.91 Å². The Kier molecular flexibility index (Phi) is 15.2. The number of aromatic nitrogens is 2. The number of anilines is 2. The monoisotopic (exact) mass is 716 g/mol. The minimum atomic E-state index is -5.08. The molecule has 0 unspecified atom stereocenters. The van der Waals surface area contributed by atoms with Crippen LogP contribution in [0, 0.1) is 11.3 Å². The van der Waals surface area contributed by atoms with Crippen molar-refractivity contribution in [3.05, 3.63) is 75.7 Å². The van der Waals surface area contributed by atoms with Gasteiger partial charge in [0.25, 0.3) is 11.5 Å². The summed E-state index contributed by atoms with van der Waals surface area (Å²) in [5.74, 6) is -2.85. The third-order valence-electron chi connectivity index (χ3n) is 8.01. The second-order valence-corrected chi connectivity index (χ2v) is 12.4. The van der Waals surface area contributed by atoms with E-state index in [1.54, 1.807) is 42.5 Å². The van der Waals surface area contributed by atoms with Crippen LogP contribution < -0.4 is 33.0 Å². The Morgan fingerprint density at radius 3 is 2.20 bits per heavy atom. The molecule has 4 rings (SSSR count). The highest BCUT2D eigenvalue weighted by molar-refractivity contribution is 5.97. The van der Waals surface area contributed by atoms with Crippen LogP contribution in [0.15, 0.2) is 53.5 Å². The first kappa shape index (κ1) is 41.8. The molecule has 1 saturated carbocycles. The van der Waals surface area contributed by atoms with E-state index in [4.69, 9.17) is 26.8 Å². The molecule has 2 aromatic carbocycles. The van der Waals surface area contributed by atoms with Gasteiger partial charge in [-0.15, -0.1) is 0 Å². The lowest BCUT2D eigenvalue weighted by Gasteiger charge is -2.28. The molecule has 0 spiro atoms. The highest BCUT2D eigenvalue weighted by atomic mass is 19.4. The maximum atomic E-state index is 13.5. The van der Waals surface area contributed by atoms with Crippen molar-refractivity contribution in [3.8, 4) is 11.3 Å². The normalized spacial score (nSPS) is 13.5. The zero-order valence-electron chi connectivity index (χ0n) is 28.1. The molecule has 1 atom stereocenters. The first-order valence-corrected chi connectivity index (χ1v) is 16.0. The lowest BCUT2D eigenvalue weighted by molar-refractivity contribution is -0.192. The van der Waals surface area contributed by atoms with E-state index in [1.165, 1.54) is 30.0 Å². The van der Waals surface area contributed by atoms with Crippen molar-refractivity contribution >= 4 is 35.1 Å². The quantitative estimate of drug-likeness (QED) is 0.0816. The number of hydrogen-bond donors (Lipinski definition) is 7. The predicted octanol–water partition coefficient (Wildman–Crippen LogP) is 4.88. The summed E-state index contributed by atoms with van der Waals surface area (Å²) in [5.41, 5.74) is 14.3. The Morgan fingerprint density at radius 1 is 1.04 bits per heavy atom. The highest BCUT2D eigenvalue weighted by Crippen LogP contribution is 2.27. The fourth-order valence-electron chi connectivity index (χ4n) is 5.42. The number of aliphatic carboxylic acids is 1. The molecule has 9 N–H and O–H groups in total. The average molecular weight is 717 g/mol. The maximum absolute atomic E-state index is 13.5. The number of carboxylic acid groups (broad SMARTS) is 1. The Morgan fingerprint density at radius 2 is 1.65 bits per heavy atom. The van der Waals surface area contributed by atoms with Gasteiger partial charge in [-0.05, 0) is 63.3 Å². The van der Waals surface area contributed by atoms with E-state index in [1.807, 2.05) is 20.8 Å². The summed E-state index contributed by atoms with van der Waals surface area (Å²) in [6.45, 7) is 5.77. The summed E-state index contributed by atoms with van der Waals surface area (Å²) in [6.07, 6.45) is 2.23. The molecular formula is C35H47F3N8O5. The van der Waals surface area contributed by atoms with Gasteiger partial charge in [-0.2, -0.15) is 13.2 Å². The number of nitrogens with zero attached hydrogens (tertiary/aromatic N) is 2. The second-order valence-electron chi connectivity index (χ2n) is 12.4. The van der Waals surface area contributed by atoms with Gasteiger partial charge in [-0.3, -0.25) is 24.4 Å². The number of nitrogens with one attached hydrogen (secondary N) is 4. The Hall–Kier alpha value is -5.41. The Labute approximate surface area is 294 Å². The van der Waals surface area contributed by atoms with Crippen LogP contribution in [-0.2, 0) is 22.7 Å². The standard InChI is InChI=1S/C32H42N8O3.C2HF3O2.CH4/c1-19(2)38-30-32(43)40(18-28(41)36-16-21-9-11-23(12-10-21)29(34)35)27(17-37-30)24-13-25(15-26(33)14-24)31(42)39-20(3)22-7-5-4-6-8-22;3-2(4,5)1(6)7;/h9-15,17,19-20,22H,4-8,16,18,33H2,1-3H3,(H3,34,35)(H,36,41)(H,37,38)(H,39,42);(H,6,7);1H4/t20-;;/m0../s1. The zero-order valence-corrected chi connectivity index (χ0v) is 28.1. The topological polar surface area (TPSA) is 218 Å². The fraction of sp³-hybridized carbons (Fsp3) is 0.429. The van der Waals surface area contributed by atoms with Gasteiger partial charge in [0.05, 0.1) is 11.9 Å². The van der Waals surface area contributed by atoms with Gasteiger partial charge in [0.15, 0.2) is 5.82 Å². The van der Waals surface area contributed by atoms with Crippen molar-refractivity contribution in [1.82, 2.24) is 20.2 Å². The predicted molar refractivity (Wildman–Crippen MR) is 190 cm³/mol. The van der Waals surface area contributed by atoms with Crippen molar-refractivity contribution in [3.63, 3.8) is 0 Å². The molecule has 1 heterocycles. The molecule has 16 heteroatoms. The number of carboxylic acids is 1. The Bertz CT molecular complexity index is 1740. The lowest BCUT2D eigenvalue weighted by atomic mass is 9.84. The molecule has 0 saturated heterocycles. The van der Waals surface area contributed by atoms with Gasteiger partial charge in [-0.1, -0.05) is 51.0 Å². The number of amides is 2. The van der Waals surface area contributed by atoms with Crippen LogP contribution in [0.4, 0.5) is 24.7 Å². The highest BCUT2D eigenvalue weighted by Gasteiger charge is 2.38. The minimum Gasteiger partial charge on any atom is -0.475 e. The number of amidine groups is 1. The smallest absolute Gasteiger partial charge is 0.475 e. The number of carbonyl (C=O) groups is 3. The van der Waals surface area contributed by atoms with E-state index in [0.717, 1.165) is 18.4 Å². The average Bonchev–Trinajstić information content (AvgIpc) is 3.05. The van der Waals surface area contributed by atoms with Crippen LogP contribution in [0.3, 0.4) is 0 Å². The first-order chi connectivity index (χ1) is 23.5. The van der Waals surface area contributed by atoms with Crippen LogP contribution in [-0.4, -0.2) is 56.5 Å². The third kappa shape index (κ3) is 12.5. The van der Waals surface area contributed by atoms with Crippen LogP contribution >= 0.6 is 0 Å². The van der Waals surface area contributed by atoms with E-state index in [2.05, 4.69) is 20.9 Å². The molecule has 51 heavy (non-hydrogen) atoms. The summed E-state index contributed by atoms with van der Waals surface area (Å²) in [7, 11) is 0. The summed E-state index contributed by atoms with van der Waals surface area (Å²) in [4.78, 5) is 53.2. The molecule has 1 aliphatic carbocycles. The van der Waals surface area contributed by atoms with Crippen LogP contribution in [0.1, 0.15) is 81.8 Å². The number of benzene rings is 2. The number of nitrogens with two attached hydrogens (primary N) is 2. The third-order valence-corrected chi connectivity index (χ3v) is 8.01. The fourth-order valence-corrected chi connectivity index (χ4v) is 5.42. The molecule has 278 valence electrons. The van der Waals surface area contributed by atoms with Crippen molar-refractivity contribution < 1.29 is 32.7 Å². The molecule has 1 aromatic heterocycles. The number of carbonyl (C=O) groups excluding carboxylic acids is 2. The second kappa shape index (κ2) is 18.5. The number of nitrogen functional groups attached to an aromatic ring is 2. The molecule has 1 aliphatic rings. The lowest BCUT2D eigenvalue weighted by Crippen LogP contribution is -2.39. The number of hydrogen-bond acceptors (Lipinski definition) is 8. The minimum absolute atomic E-state index is 0. The molecule has 0 bridgehead atoms. The van der Waals surface area contributed by atoms with Crippen molar-refractivity contribution in [2.75, 3.05) is 11.1 Å². The zero-order chi connectivity index (χ0) is 37.2. The summed E-state index contributed by atoms with van der Waals surface area (Å²) in [5, 5.41) is 23.7. The number of halogens is 3. The van der Waals surface area contributed by atoms with Crippen LogP contribution in [0.25, 0.3) is 11.3 Å². The molecule has 1 fully saturated rings. The largest absolute Gasteiger partial charge is 0.490 e. The number of rotatable bonds is 11. The summed E-state index contributed by atoms with van der Waals surface area (Å²) < 4.78 is 33.1. The van der Waals surface area contributed by atoms with Crippen molar-refractivity contribution in [2.24, 2.45) is 11.7 Å². The molecule has 2 amide bonds. The van der Waals surface area contributed by atoms with Gasteiger partial charge in [0.1, 0.15) is 12.4 Å². The molecule has 0 aliphatic heterocycles. The van der Waals surface area contributed by atoms with E-state index >= 15 is 0 Å². The van der Waals surface area contributed by atoms with Crippen LogP contribution in [0.5, 0.6) is 0 Å². The van der Waals surface area contributed by atoms with Gasteiger partial charge >= 0.3 is 12.1 Å². The van der Waals surface area contributed by atoms with Gasteiger partial charge < -0.3 is 32.5 Å². The van der Waals surface area contributed by atoms with E-state index in [0.29, 0.717) is 34.0 Å².